The smallest absolute Gasteiger partial charge is 0.124 e. The van der Waals surface area contributed by atoms with Gasteiger partial charge in [0.2, 0.25) is 0 Å². The van der Waals surface area contributed by atoms with Crippen molar-refractivity contribution in [3.05, 3.63) is 35.3 Å². The van der Waals surface area contributed by atoms with Gasteiger partial charge in [0, 0.05) is 24.2 Å². The molecule has 5 heteroatoms. The summed E-state index contributed by atoms with van der Waals surface area (Å²) in [5, 5.41) is 13.7. The van der Waals surface area contributed by atoms with E-state index >= 15 is 0 Å². The number of rotatable bonds is 2. The minimum absolute atomic E-state index is 0.00722. The van der Waals surface area contributed by atoms with E-state index in [4.69, 9.17) is 4.74 Å². The summed E-state index contributed by atoms with van der Waals surface area (Å²) in [5.41, 5.74) is 2.68. The average molecular weight is 339 g/mol. The number of hydrogen-bond acceptors (Lipinski definition) is 4. The van der Waals surface area contributed by atoms with Crippen LogP contribution in [0.25, 0.3) is 10.9 Å². The number of aromatic nitrogens is 1. The van der Waals surface area contributed by atoms with Crippen molar-refractivity contribution in [1.82, 2.24) is 4.98 Å². The second-order valence-corrected chi connectivity index (χ2v) is 7.35. The van der Waals surface area contributed by atoms with Gasteiger partial charge >= 0.3 is 0 Å². The lowest BCUT2D eigenvalue weighted by Gasteiger charge is -2.39. The third kappa shape index (κ3) is 2.96. The number of nitriles is 1. The van der Waals surface area contributed by atoms with Crippen molar-refractivity contribution >= 4 is 16.6 Å². The van der Waals surface area contributed by atoms with Crippen LogP contribution in [0.3, 0.4) is 0 Å². The first-order chi connectivity index (χ1) is 12.1. The summed E-state index contributed by atoms with van der Waals surface area (Å²) in [4.78, 5) is 4.36. The number of aryl methyl sites for hydroxylation is 1. The summed E-state index contributed by atoms with van der Waals surface area (Å²) in [6.07, 6.45) is 8.08. The van der Waals surface area contributed by atoms with E-state index in [0.29, 0.717) is 16.6 Å². The molecule has 2 heterocycles. The fraction of sp³-hybridized carbons (Fsp3) is 0.500. The number of ether oxygens (including phenoxy) is 1. The molecule has 0 amide bonds. The van der Waals surface area contributed by atoms with Crippen LogP contribution in [0.4, 0.5) is 10.1 Å². The van der Waals surface area contributed by atoms with Crippen LogP contribution < -0.4 is 5.32 Å². The molecule has 1 N–H and O–H groups in total. The van der Waals surface area contributed by atoms with Gasteiger partial charge in [0.05, 0.1) is 22.4 Å². The molecule has 1 saturated carbocycles. The maximum absolute atomic E-state index is 14.0. The van der Waals surface area contributed by atoms with Crippen LogP contribution in [0.1, 0.15) is 49.7 Å². The Balaban J connectivity index is 1.72. The lowest BCUT2D eigenvalue weighted by molar-refractivity contribution is -0.0766. The van der Waals surface area contributed by atoms with Crippen LogP contribution in [0.5, 0.6) is 0 Å². The third-order valence-electron chi connectivity index (χ3n) is 5.60. The van der Waals surface area contributed by atoms with Gasteiger partial charge in [-0.2, -0.15) is 5.26 Å². The fourth-order valence-electron chi connectivity index (χ4n) is 4.40. The Hall–Kier alpha value is -2.19. The van der Waals surface area contributed by atoms with E-state index in [1.54, 1.807) is 6.20 Å². The van der Waals surface area contributed by atoms with E-state index in [9.17, 15) is 9.65 Å². The van der Waals surface area contributed by atoms with E-state index < -0.39 is 0 Å². The van der Waals surface area contributed by atoms with Gasteiger partial charge in [-0.25, -0.2) is 4.39 Å². The first-order valence-corrected chi connectivity index (χ1v) is 9.00. The first kappa shape index (κ1) is 16.3. The zero-order valence-corrected chi connectivity index (χ0v) is 14.4. The van der Waals surface area contributed by atoms with E-state index in [-0.39, 0.29) is 17.5 Å². The van der Waals surface area contributed by atoms with Crippen molar-refractivity contribution in [2.24, 2.45) is 0 Å². The van der Waals surface area contributed by atoms with E-state index in [2.05, 4.69) is 16.4 Å². The van der Waals surface area contributed by atoms with Gasteiger partial charge in [0.1, 0.15) is 11.9 Å². The molecule has 1 aliphatic carbocycles. The first-order valence-electron chi connectivity index (χ1n) is 9.00. The van der Waals surface area contributed by atoms with Crippen LogP contribution >= 0.6 is 0 Å². The predicted molar refractivity (Wildman–Crippen MR) is 94.9 cm³/mol. The zero-order valence-electron chi connectivity index (χ0n) is 14.4. The number of benzene rings is 1. The summed E-state index contributed by atoms with van der Waals surface area (Å²) in [5.74, 6) is -0.302. The van der Waals surface area contributed by atoms with Crippen LogP contribution in [0, 0.1) is 24.1 Å². The number of hydrogen-bond donors (Lipinski definition) is 1. The molecule has 4 nitrogen and oxygen atoms in total. The molecule has 2 aromatic rings. The number of halogens is 1. The van der Waals surface area contributed by atoms with E-state index in [1.165, 1.54) is 25.0 Å². The third-order valence-corrected chi connectivity index (χ3v) is 5.60. The topological polar surface area (TPSA) is 57.9 Å². The number of anilines is 1. The summed E-state index contributed by atoms with van der Waals surface area (Å²) >= 11 is 0. The van der Waals surface area contributed by atoms with E-state index in [1.807, 2.05) is 6.92 Å². The van der Waals surface area contributed by atoms with Crippen molar-refractivity contribution in [3.8, 4) is 6.07 Å². The van der Waals surface area contributed by atoms with E-state index in [0.717, 1.165) is 43.4 Å². The van der Waals surface area contributed by atoms with Gasteiger partial charge in [-0.3, -0.25) is 4.98 Å². The van der Waals surface area contributed by atoms with Gasteiger partial charge in [-0.05, 0) is 50.3 Å². The Kier molecular flexibility index (Phi) is 4.09. The molecule has 0 bridgehead atoms. The summed E-state index contributed by atoms with van der Waals surface area (Å²) < 4.78 is 20.1. The zero-order chi connectivity index (χ0) is 17.4. The lowest BCUT2D eigenvalue weighted by atomic mass is 9.88. The lowest BCUT2D eigenvalue weighted by Crippen LogP contribution is -2.42. The molecular formula is C20H22FN3O. The normalized spacial score (nSPS) is 22.2. The Morgan fingerprint density at radius 2 is 2.16 bits per heavy atom. The quantitative estimate of drug-likeness (QED) is 0.878. The number of nitrogens with one attached hydrogen (secondary N) is 1. The molecular weight excluding hydrogens is 317 g/mol. The number of pyridine rings is 1. The van der Waals surface area contributed by atoms with Gasteiger partial charge in [-0.15, -0.1) is 0 Å². The molecule has 2 aliphatic rings. The average Bonchev–Trinajstić information content (AvgIpc) is 3.03. The molecule has 1 aromatic carbocycles. The maximum Gasteiger partial charge on any atom is 0.124 e. The molecule has 130 valence electrons. The minimum Gasteiger partial charge on any atom is -0.380 e. The highest BCUT2D eigenvalue weighted by Crippen LogP contribution is 2.41. The Morgan fingerprint density at radius 3 is 2.92 bits per heavy atom. The molecule has 1 aromatic heterocycles. The summed E-state index contributed by atoms with van der Waals surface area (Å²) in [7, 11) is 0. The predicted octanol–water partition coefficient (Wildman–Crippen LogP) is 4.46. The minimum atomic E-state index is -0.302. The monoisotopic (exact) mass is 339 g/mol. The SMILES string of the molecule is Cc1cc(F)cc2c(NC3CCOC4(CCCC4)C3)c(C#N)cnc12. The van der Waals surface area contributed by atoms with Crippen LogP contribution in [-0.2, 0) is 4.74 Å². The Labute approximate surface area is 147 Å². The standard InChI is InChI=1S/C20H22FN3O/c1-13-8-15(21)9-17-18(13)23-12-14(11-22)19(17)24-16-4-7-25-20(10-16)5-2-3-6-20/h8-9,12,16H,2-7,10H2,1H3,(H,23,24). The second kappa shape index (κ2) is 6.27. The van der Waals surface area contributed by atoms with Crippen LogP contribution in [-0.4, -0.2) is 23.2 Å². The van der Waals surface area contributed by atoms with Gasteiger partial charge in [0.25, 0.3) is 0 Å². The summed E-state index contributed by atoms with van der Waals surface area (Å²) in [6.45, 7) is 2.58. The van der Waals surface area contributed by atoms with Crippen molar-refractivity contribution in [2.45, 2.75) is 57.1 Å². The molecule has 0 radical (unpaired) electrons. The van der Waals surface area contributed by atoms with Crippen molar-refractivity contribution in [2.75, 3.05) is 11.9 Å². The highest BCUT2D eigenvalue weighted by atomic mass is 19.1. The maximum atomic E-state index is 14.0. The van der Waals surface area contributed by atoms with Crippen molar-refractivity contribution in [3.63, 3.8) is 0 Å². The largest absolute Gasteiger partial charge is 0.380 e. The molecule has 1 atom stereocenters. The summed E-state index contributed by atoms with van der Waals surface area (Å²) in [6, 6.07) is 5.38. The molecule has 25 heavy (non-hydrogen) atoms. The number of fused-ring (bicyclic) bond motifs is 1. The highest BCUT2D eigenvalue weighted by molar-refractivity contribution is 5.95. The van der Waals surface area contributed by atoms with Gasteiger partial charge in [-0.1, -0.05) is 12.8 Å². The molecule has 4 rings (SSSR count). The Morgan fingerprint density at radius 1 is 1.36 bits per heavy atom. The van der Waals surface area contributed by atoms with Crippen molar-refractivity contribution in [1.29, 1.82) is 5.26 Å². The highest BCUT2D eigenvalue weighted by Gasteiger charge is 2.40. The van der Waals surface area contributed by atoms with Gasteiger partial charge < -0.3 is 10.1 Å². The Bertz CT molecular complexity index is 852. The molecule has 1 saturated heterocycles. The second-order valence-electron chi connectivity index (χ2n) is 7.35. The molecule has 1 spiro atoms. The molecule has 1 unspecified atom stereocenters. The molecule has 2 fully saturated rings. The van der Waals surface area contributed by atoms with Gasteiger partial charge in [0.15, 0.2) is 0 Å². The van der Waals surface area contributed by atoms with Crippen molar-refractivity contribution < 1.29 is 9.13 Å². The van der Waals surface area contributed by atoms with Crippen LogP contribution in [0.2, 0.25) is 0 Å². The molecule has 1 aliphatic heterocycles. The fourth-order valence-corrected chi connectivity index (χ4v) is 4.40. The van der Waals surface area contributed by atoms with Crippen LogP contribution in [0.15, 0.2) is 18.3 Å². The number of nitrogens with zero attached hydrogens (tertiary/aromatic N) is 2.